The summed E-state index contributed by atoms with van der Waals surface area (Å²) in [5.41, 5.74) is 0.923. The largest absolute Gasteiger partial charge is 0.379 e. The van der Waals surface area contributed by atoms with Gasteiger partial charge in [0.25, 0.3) is 0 Å². The normalized spacial score (nSPS) is 18.1. The summed E-state index contributed by atoms with van der Waals surface area (Å²) in [4.78, 5) is 18.8. The minimum atomic E-state index is -0.161. The number of anilines is 1. The number of carbonyl (C=O) groups excluding carboxylic acids is 1. The maximum Gasteiger partial charge on any atom is 0.243 e. The summed E-state index contributed by atoms with van der Waals surface area (Å²) >= 11 is 1.50. The number of benzene rings is 1. The Labute approximate surface area is 121 Å². The van der Waals surface area contributed by atoms with Crippen LogP contribution in [0.4, 0.5) is 5.13 Å². The zero-order chi connectivity index (χ0) is 13.9. The van der Waals surface area contributed by atoms with Crippen LogP contribution in [-0.4, -0.2) is 48.1 Å². The van der Waals surface area contributed by atoms with Gasteiger partial charge in [-0.15, -0.1) is 0 Å². The number of amides is 1. The van der Waals surface area contributed by atoms with Gasteiger partial charge in [-0.05, 0) is 19.1 Å². The van der Waals surface area contributed by atoms with Gasteiger partial charge >= 0.3 is 0 Å². The van der Waals surface area contributed by atoms with Crippen LogP contribution >= 0.6 is 11.3 Å². The molecule has 0 aliphatic carbocycles. The lowest BCUT2D eigenvalue weighted by Crippen LogP contribution is -2.47. The minimum absolute atomic E-state index is 0.00837. The zero-order valence-corrected chi connectivity index (χ0v) is 12.2. The topological polar surface area (TPSA) is 54.5 Å². The lowest BCUT2D eigenvalue weighted by atomic mass is 10.2. The first kappa shape index (κ1) is 13.5. The molecule has 0 bridgehead atoms. The molecule has 1 aliphatic heterocycles. The summed E-state index contributed by atoms with van der Waals surface area (Å²) < 4.78 is 6.39. The van der Waals surface area contributed by atoms with E-state index in [0.29, 0.717) is 18.3 Å². The van der Waals surface area contributed by atoms with E-state index in [9.17, 15) is 4.79 Å². The molecule has 1 saturated heterocycles. The number of hydrogen-bond acceptors (Lipinski definition) is 5. The molecular formula is C14H17N3O2S. The molecule has 1 aromatic heterocycles. The molecule has 1 aliphatic rings. The molecule has 1 fully saturated rings. The van der Waals surface area contributed by atoms with Gasteiger partial charge in [-0.25, -0.2) is 4.98 Å². The molecule has 1 N–H and O–H groups in total. The molecule has 0 saturated carbocycles. The fourth-order valence-corrected chi connectivity index (χ4v) is 3.13. The van der Waals surface area contributed by atoms with Crippen LogP contribution in [0.25, 0.3) is 10.2 Å². The van der Waals surface area contributed by atoms with Gasteiger partial charge in [0, 0.05) is 13.1 Å². The van der Waals surface area contributed by atoms with Gasteiger partial charge in [0.1, 0.15) is 0 Å². The van der Waals surface area contributed by atoms with Crippen LogP contribution in [0, 0.1) is 0 Å². The maximum absolute atomic E-state index is 12.3. The number of aromatic nitrogens is 1. The fraction of sp³-hybridized carbons (Fsp3) is 0.429. The molecule has 5 nitrogen and oxygen atoms in total. The van der Waals surface area contributed by atoms with E-state index in [1.165, 1.54) is 11.3 Å². The predicted octanol–water partition coefficient (Wildman–Crippen LogP) is 1.96. The van der Waals surface area contributed by atoms with E-state index in [4.69, 9.17) is 4.74 Å². The first-order valence-electron chi connectivity index (χ1n) is 6.72. The van der Waals surface area contributed by atoms with Crippen molar-refractivity contribution in [1.29, 1.82) is 0 Å². The molecule has 3 rings (SSSR count). The second kappa shape index (κ2) is 5.87. The quantitative estimate of drug-likeness (QED) is 0.939. The molecule has 6 heteroatoms. The van der Waals surface area contributed by atoms with Crippen LogP contribution in [0.5, 0.6) is 0 Å². The Hall–Kier alpha value is -1.50. The minimum Gasteiger partial charge on any atom is -0.379 e. The molecular weight excluding hydrogens is 274 g/mol. The Morgan fingerprint density at radius 3 is 2.90 bits per heavy atom. The van der Waals surface area contributed by atoms with Crippen molar-refractivity contribution >= 4 is 32.6 Å². The summed E-state index contributed by atoms with van der Waals surface area (Å²) in [6.45, 7) is 4.91. The number of thiazole rings is 1. The van der Waals surface area contributed by atoms with E-state index in [-0.39, 0.29) is 11.9 Å². The van der Waals surface area contributed by atoms with Crippen LogP contribution in [0.15, 0.2) is 24.3 Å². The summed E-state index contributed by atoms with van der Waals surface area (Å²) in [7, 11) is 0. The number of hydrogen-bond donors (Lipinski definition) is 1. The molecule has 2 aromatic rings. The number of ether oxygens (including phenoxy) is 1. The van der Waals surface area contributed by atoms with E-state index in [0.717, 1.165) is 23.3 Å². The smallest absolute Gasteiger partial charge is 0.243 e. The second-order valence-electron chi connectivity index (χ2n) is 4.80. The van der Waals surface area contributed by atoms with Gasteiger partial charge in [0.2, 0.25) is 5.91 Å². The fourth-order valence-electron chi connectivity index (χ4n) is 2.27. The highest BCUT2D eigenvalue weighted by Gasteiger charge is 2.23. The van der Waals surface area contributed by atoms with E-state index in [1.807, 2.05) is 31.2 Å². The third-order valence-electron chi connectivity index (χ3n) is 3.50. The Morgan fingerprint density at radius 1 is 1.40 bits per heavy atom. The lowest BCUT2D eigenvalue weighted by molar-refractivity contribution is -0.122. The first-order chi connectivity index (χ1) is 9.74. The number of morpholine rings is 1. The van der Waals surface area contributed by atoms with Crippen molar-refractivity contribution in [3.63, 3.8) is 0 Å². The molecule has 0 unspecified atom stereocenters. The first-order valence-corrected chi connectivity index (χ1v) is 7.54. The number of rotatable bonds is 3. The molecule has 1 aromatic carbocycles. The average Bonchev–Trinajstić information content (AvgIpc) is 2.89. The monoisotopic (exact) mass is 291 g/mol. The second-order valence-corrected chi connectivity index (χ2v) is 5.83. The van der Waals surface area contributed by atoms with Gasteiger partial charge in [0.15, 0.2) is 5.13 Å². The van der Waals surface area contributed by atoms with Crippen LogP contribution in [0.1, 0.15) is 6.92 Å². The summed E-state index contributed by atoms with van der Waals surface area (Å²) in [6.07, 6.45) is 0. The third-order valence-corrected chi connectivity index (χ3v) is 4.45. The Balaban J connectivity index is 1.68. The number of para-hydroxylation sites is 1. The summed E-state index contributed by atoms with van der Waals surface area (Å²) in [5.74, 6) is -0.00837. The van der Waals surface area contributed by atoms with E-state index in [2.05, 4.69) is 15.2 Å². The van der Waals surface area contributed by atoms with Gasteiger partial charge in [-0.3, -0.25) is 9.69 Å². The van der Waals surface area contributed by atoms with Gasteiger partial charge < -0.3 is 10.1 Å². The maximum atomic E-state index is 12.3. The molecule has 0 spiro atoms. The van der Waals surface area contributed by atoms with Crippen molar-refractivity contribution in [3.05, 3.63) is 24.3 Å². The van der Waals surface area contributed by atoms with Gasteiger partial charge in [-0.2, -0.15) is 0 Å². The number of fused-ring (bicyclic) bond motifs is 1. The summed E-state index contributed by atoms with van der Waals surface area (Å²) in [6, 6.07) is 7.72. The van der Waals surface area contributed by atoms with Crippen molar-refractivity contribution < 1.29 is 9.53 Å². The van der Waals surface area contributed by atoms with E-state index >= 15 is 0 Å². The predicted molar refractivity (Wildman–Crippen MR) is 80.1 cm³/mol. The number of carbonyl (C=O) groups is 1. The van der Waals surface area contributed by atoms with Gasteiger partial charge in [0.05, 0.1) is 29.5 Å². The van der Waals surface area contributed by atoms with Crippen molar-refractivity contribution in [2.75, 3.05) is 31.6 Å². The molecule has 1 amide bonds. The van der Waals surface area contributed by atoms with Gasteiger partial charge in [-0.1, -0.05) is 23.5 Å². The summed E-state index contributed by atoms with van der Waals surface area (Å²) in [5, 5.41) is 3.58. The SMILES string of the molecule is C[C@H](C(=O)Nc1nc2ccccc2s1)N1CCOCC1. The molecule has 0 radical (unpaired) electrons. The van der Waals surface area contributed by atoms with Crippen molar-refractivity contribution in [3.8, 4) is 0 Å². The number of nitrogens with one attached hydrogen (secondary N) is 1. The molecule has 106 valence electrons. The van der Waals surface area contributed by atoms with Crippen LogP contribution < -0.4 is 5.32 Å². The molecule has 2 heterocycles. The average molecular weight is 291 g/mol. The van der Waals surface area contributed by atoms with Crippen LogP contribution in [0.3, 0.4) is 0 Å². The Morgan fingerprint density at radius 2 is 2.15 bits per heavy atom. The van der Waals surface area contributed by atoms with Crippen LogP contribution in [-0.2, 0) is 9.53 Å². The molecule has 1 atom stereocenters. The van der Waals surface area contributed by atoms with E-state index in [1.54, 1.807) is 0 Å². The van der Waals surface area contributed by atoms with Crippen molar-refractivity contribution in [2.24, 2.45) is 0 Å². The molecule has 20 heavy (non-hydrogen) atoms. The highest BCUT2D eigenvalue weighted by molar-refractivity contribution is 7.22. The lowest BCUT2D eigenvalue weighted by Gasteiger charge is -2.31. The standard InChI is InChI=1S/C14H17N3O2S/c1-10(17-6-8-19-9-7-17)13(18)16-14-15-11-4-2-3-5-12(11)20-14/h2-5,10H,6-9H2,1H3,(H,15,16,18)/t10-/m1/s1. The van der Waals surface area contributed by atoms with Crippen molar-refractivity contribution in [1.82, 2.24) is 9.88 Å². The van der Waals surface area contributed by atoms with Crippen molar-refractivity contribution in [2.45, 2.75) is 13.0 Å². The van der Waals surface area contributed by atoms with Crippen LogP contribution in [0.2, 0.25) is 0 Å². The Bertz CT molecular complexity index is 574. The Kier molecular flexibility index (Phi) is 3.95. The zero-order valence-electron chi connectivity index (χ0n) is 11.3. The highest BCUT2D eigenvalue weighted by atomic mass is 32.1. The highest BCUT2D eigenvalue weighted by Crippen LogP contribution is 2.25. The third kappa shape index (κ3) is 2.82. The van der Waals surface area contributed by atoms with E-state index < -0.39 is 0 Å². The number of nitrogens with zero attached hydrogens (tertiary/aromatic N) is 2.